The van der Waals surface area contributed by atoms with E-state index in [0.29, 0.717) is 5.41 Å². The minimum atomic E-state index is 0.381. The van der Waals surface area contributed by atoms with Gasteiger partial charge in [0.2, 0.25) is 0 Å². The lowest BCUT2D eigenvalue weighted by atomic mass is 9.85. The molecule has 1 fully saturated rings. The molecule has 1 aliphatic rings. The van der Waals surface area contributed by atoms with E-state index in [1.54, 1.807) is 0 Å². The van der Waals surface area contributed by atoms with E-state index in [1.807, 2.05) is 12.1 Å². The van der Waals surface area contributed by atoms with E-state index in [0.717, 1.165) is 36.5 Å². The first-order valence-electron chi connectivity index (χ1n) is 8.01. The molecule has 20 heavy (non-hydrogen) atoms. The Morgan fingerprint density at radius 1 is 1.05 bits per heavy atom. The van der Waals surface area contributed by atoms with Crippen LogP contribution in [0.3, 0.4) is 0 Å². The van der Waals surface area contributed by atoms with Crippen molar-refractivity contribution >= 4 is 5.69 Å². The molecule has 0 bridgehead atoms. The van der Waals surface area contributed by atoms with Gasteiger partial charge in [0.15, 0.2) is 0 Å². The first-order chi connectivity index (χ1) is 9.44. The summed E-state index contributed by atoms with van der Waals surface area (Å²) < 4.78 is 0. The largest absolute Gasteiger partial charge is 0.399 e. The molecular formula is C18H30N2. The fourth-order valence-corrected chi connectivity index (χ4v) is 3.27. The monoisotopic (exact) mass is 274 g/mol. The number of nitrogens with two attached hydrogens (primary N) is 1. The van der Waals surface area contributed by atoms with Crippen LogP contribution in [0.1, 0.15) is 46.1 Å². The van der Waals surface area contributed by atoms with E-state index in [1.165, 1.54) is 18.4 Å². The van der Waals surface area contributed by atoms with E-state index in [-0.39, 0.29) is 0 Å². The molecule has 0 heterocycles. The van der Waals surface area contributed by atoms with Crippen molar-refractivity contribution in [3.63, 3.8) is 0 Å². The average molecular weight is 274 g/mol. The molecule has 112 valence electrons. The maximum Gasteiger partial charge on any atom is 0.0314 e. The van der Waals surface area contributed by atoms with Gasteiger partial charge in [-0.25, -0.2) is 0 Å². The van der Waals surface area contributed by atoms with E-state index in [9.17, 15) is 0 Å². The predicted molar refractivity (Wildman–Crippen MR) is 87.8 cm³/mol. The minimum absolute atomic E-state index is 0.381. The van der Waals surface area contributed by atoms with Gasteiger partial charge < -0.3 is 11.1 Å². The summed E-state index contributed by atoms with van der Waals surface area (Å²) in [5.74, 6) is 2.25. The van der Waals surface area contributed by atoms with Crippen LogP contribution in [0.15, 0.2) is 24.3 Å². The molecule has 1 saturated carbocycles. The molecule has 0 atom stereocenters. The van der Waals surface area contributed by atoms with Crippen LogP contribution in [-0.4, -0.2) is 13.1 Å². The van der Waals surface area contributed by atoms with Gasteiger partial charge in [0.25, 0.3) is 0 Å². The van der Waals surface area contributed by atoms with E-state index in [2.05, 4.69) is 45.1 Å². The molecule has 1 aromatic carbocycles. The molecule has 1 aromatic rings. The molecule has 0 aliphatic heterocycles. The molecule has 0 aromatic heterocycles. The van der Waals surface area contributed by atoms with Crippen molar-refractivity contribution < 1.29 is 0 Å². The Bertz CT molecular complexity index is 408. The lowest BCUT2D eigenvalue weighted by Crippen LogP contribution is -2.34. The normalized spacial score (nSPS) is 17.1. The Hall–Kier alpha value is -1.02. The second-order valence-electron chi connectivity index (χ2n) is 7.19. The third-order valence-corrected chi connectivity index (χ3v) is 4.93. The summed E-state index contributed by atoms with van der Waals surface area (Å²) in [7, 11) is 0. The smallest absolute Gasteiger partial charge is 0.0314 e. The highest BCUT2D eigenvalue weighted by Gasteiger charge is 2.43. The lowest BCUT2D eigenvalue weighted by Gasteiger charge is -2.26. The van der Waals surface area contributed by atoms with Gasteiger partial charge in [0.05, 0.1) is 0 Å². The summed E-state index contributed by atoms with van der Waals surface area (Å²) in [6.07, 6.45) is 2.61. The SMILES string of the molecule is CC(C)C(CNCC1(c2ccc(N)cc2)CC1)C(C)C. The fraction of sp³-hybridized carbons (Fsp3) is 0.667. The van der Waals surface area contributed by atoms with E-state index in [4.69, 9.17) is 5.73 Å². The van der Waals surface area contributed by atoms with Gasteiger partial charge in [0, 0.05) is 17.6 Å². The standard InChI is InChI=1S/C18H30N2/c1-13(2)17(14(3)4)11-20-12-18(9-10-18)15-5-7-16(19)8-6-15/h5-8,13-14,17,20H,9-12,19H2,1-4H3. The van der Waals surface area contributed by atoms with Crippen LogP contribution < -0.4 is 11.1 Å². The zero-order valence-electron chi connectivity index (χ0n) is 13.4. The Kier molecular flexibility index (Phi) is 4.74. The predicted octanol–water partition coefficient (Wildman–Crippen LogP) is 3.82. The Balaban J connectivity index is 1.89. The van der Waals surface area contributed by atoms with Crippen molar-refractivity contribution in [3.8, 4) is 0 Å². The quantitative estimate of drug-likeness (QED) is 0.742. The summed E-state index contributed by atoms with van der Waals surface area (Å²) in [5.41, 5.74) is 8.47. The molecule has 2 heteroatoms. The van der Waals surface area contributed by atoms with Gasteiger partial charge in [-0.1, -0.05) is 39.8 Å². The van der Waals surface area contributed by atoms with Crippen LogP contribution >= 0.6 is 0 Å². The third-order valence-electron chi connectivity index (χ3n) is 4.93. The topological polar surface area (TPSA) is 38.0 Å². The van der Waals surface area contributed by atoms with Crippen molar-refractivity contribution in [1.82, 2.24) is 5.32 Å². The Morgan fingerprint density at radius 2 is 1.60 bits per heavy atom. The molecule has 0 unspecified atom stereocenters. The first-order valence-corrected chi connectivity index (χ1v) is 8.01. The highest BCUT2D eigenvalue weighted by molar-refractivity contribution is 5.43. The maximum absolute atomic E-state index is 5.78. The summed E-state index contributed by atoms with van der Waals surface area (Å²) in [5, 5.41) is 3.73. The second kappa shape index (κ2) is 6.17. The summed E-state index contributed by atoms with van der Waals surface area (Å²) in [6, 6.07) is 8.46. The van der Waals surface area contributed by atoms with E-state index >= 15 is 0 Å². The van der Waals surface area contributed by atoms with Crippen LogP contribution in [-0.2, 0) is 5.41 Å². The molecule has 3 N–H and O–H groups in total. The van der Waals surface area contributed by atoms with Crippen molar-refractivity contribution in [2.24, 2.45) is 17.8 Å². The summed E-state index contributed by atoms with van der Waals surface area (Å²) in [4.78, 5) is 0. The van der Waals surface area contributed by atoms with Crippen LogP contribution in [0.2, 0.25) is 0 Å². The van der Waals surface area contributed by atoms with Crippen LogP contribution in [0.5, 0.6) is 0 Å². The number of nitrogens with one attached hydrogen (secondary N) is 1. The van der Waals surface area contributed by atoms with Crippen molar-refractivity contribution in [3.05, 3.63) is 29.8 Å². The second-order valence-corrected chi connectivity index (χ2v) is 7.19. The van der Waals surface area contributed by atoms with Gasteiger partial charge in [-0.05, 0) is 54.8 Å². The zero-order chi connectivity index (χ0) is 14.8. The Morgan fingerprint density at radius 3 is 2.05 bits per heavy atom. The molecule has 0 radical (unpaired) electrons. The number of nitrogen functional groups attached to an aromatic ring is 1. The molecule has 2 nitrogen and oxygen atoms in total. The van der Waals surface area contributed by atoms with Crippen molar-refractivity contribution in [2.75, 3.05) is 18.8 Å². The highest BCUT2D eigenvalue weighted by atomic mass is 14.9. The van der Waals surface area contributed by atoms with Gasteiger partial charge in [-0.2, -0.15) is 0 Å². The van der Waals surface area contributed by atoms with Gasteiger partial charge in [-0.3, -0.25) is 0 Å². The first kappa shape index (κ1) is 15.4. The molecule has 2 rings (SSSR count). The molecule has 0 amide bonds. The number of rotatable bonds is 7. The molecule has 0 saturated heterocycles. The molecule has 0 spiro atoms. The van der Waals surface area contributed by atoms with Crippen LogP contribution in [0, 0.1) is 17.8 Å². The highest BCUT2D eigenvalue weighted by Crippen LogP contribution is 2.47. The molecule has 1 aliphatic carbocycles. The lowest BCUT2D eigenvalue weighted by molar-refractivity contribution is 0.273. The van der Waals surface area contributed by atoms with Gasteiger partial charge in [-0.15, -0.1) is 0 Å². The molecular weight excluding hydrogens is 244 g/mol. The minimum Gasteiger partial charge on any atom is -0.399 e. The van der Waals surface area contributed by atoms with Crippen LogP contribution in [0.4, 0.5) is 5.69 Å². The zero-order valence-corrected chi connectivity index (χ0v) is 13.4. The van der Waals surface area contributed by atoms with Crippen LogP contribution in [0.25, 0.3) is 0 Å². The van der Waals surface area contributed by atoms with Crippen molar-refractivity contribution in [1.29, 1.82) is 0 Å². The van der Waals surface area contributed by atoms with Gasteiger partial charge in [0.1, 0.15) is 0 Å². The number of anilines is 1. The Labute approximate surface area is 124 Å². The van der Waals surface area contributed by atoms with Crippen molar-refractivity contribution in [2.45, 2.75) is 46.0 Å². The third kappa shape index (κ3) is 3.54. The fourth-order valence-electron chi connectivity index (χ4n) is 3.27. The maximum atomic E-state index is 5.78. The summed E-state index contributed by atoms with van der Waals surface area (Å²) in [6.45, 7) is 11.6. The average Bonchev–Trinajstić information content (AvgIpc) is 3.15. The summed E-state index contributed by atoms with van der Waals surface area (Å²) >= 11 is 0. The number of hydrogen-bond donors (Lipinski definition) is 2. The van der Waals surface area contributed by atoms with E-state index < -0.39 is 0 Å². The van der Waals surface area contributed by atoms with Gasteiger partial charge >= 0.3 is 0 Å². The number of benzene rings is 1. The number of hydrogen-bond acceptors (Lipinski definition) is 2.